The second-order valence-electron chi connectivity index (χ2n) is 4.89. The number of benzene rings is 2. The molecule has 2 N–H and O–H groups in total. The van der Waals surface area contributed by atoms with Crippen LogP contribution in [0.25, 0.3) is 0 Å². The van der Waals surface area contributed by atoms with Gasteiger partial charge in [0.15, 0.2) is 0 Å². The zero-order valence-corrected chi connectivity index (χ0v) is 13.0. The van der Waals surface area contributed by atoms with Crippen LogP contribution >= 0.6 is 15.9 Å². The highest BCUT2D eigenvalue weighted by atomic mass is 79.9. The van der Waals surface area contributed by atoms with Crippen molar-refractivity contribution in [3.05, 3.63) is 57.1 Å². The summed E-state index contributed by atoms with van der Waals surface area (Å²) in [5.41, 5.74) is 5.48. The third-order valence-corrected chi connectivity index (χ3v) is 4.14. The van der Waals surface area contributed by atoms with Crippen molar-refractivity contribution in [1.29, 1.82) is 0 Å². The van der Waals surface area contributed by atoms with Crippen molar-refractivity contribution in [3.63, 3.8) is 0 Å². The number of phenols is 1. The van der Waals surface area contributed by atoms with Crippen molar-refractivity contribution in [1.82, 2.24) is 0 Å². The van der Waals surface area contributed by atoms with Crippen LogP contribution in [0, 0.1) is 20.8 Å². The number of rotatable bonds is 3. The molecule has 0 aliphatic rings. The molecule has 0 saturated carbocycles. The first kappa shape index (κ1) is 13.9. The quantitative estimate of drug-likeness (QED) is 0.804. The Morgan fingerprint density at radius 1 is 1.00 bits per heavy atom. The summed E-state index contributed by atoms with van der Waals surface area (Å²) >= 11 is 3.51. The Hall–Kier alpha value is -1.48. The molecule has 0 saturated heterocycles. The van der Waals surface area contributed by atoms with Gasteiger partial charge in [-0.3, -0.25) is 0 Å². The normalized spacial score (nSPS) is 10.5. The fraction of sp³-hybridized carbons (Fsp3) is 0.250. The molecular weight excluding hydrogens is 302 g/mol. The topological polar surface area (TPSA) is 32.3 Å². The maximum atomic E-state index is 9.64. The lowest BCUT2D eigenvalue weighted by atomic mass is 10.1. The SMILES string of the molecule is Cc1cc(NCc2ccc(Br)c(C)c2)c(C)cc1O. The number of nitrogens with one attached hydrogen (secondary N) is 1. The van der Waals surface area contributed by atoms with Gasteiger partial charge >= 0.3 is 0 Å². The molecule has 0 bridgehead atoms. The zero-order chi connectivity index (χ0) is 14.0. The van der Waals surface area contributed by atoms with Crippen LogP contribution in [0.4, 0.5) is 5.69 Å². The Kier molecular flexibility index (Phi) is 4.15. The molecule has 0 radical (unpaired) electrons. The number of anilines is 1. The molecule has 0 spiro atoms. The van der Waals surface area contributed by atoms with E-state index in [0.717, 1.165) is 27.8 Å². The minimum atomic E-state index is 0.350. The summed E-state index contributed by atoms with van der Waals surface area (Å²) in [6.07, 6.45) is 0. The first-order valence-electron chi connectivity index (χ1n) is 6.26. The van der Waals surface area contributed by atoms with Crippen LogP contribution in [0.1, 0.15) is 22.3 Å². The van der Waals surface area contributed by atoms with Crippen LogP contribution in [0.2, 0.25) is 0 Å². The van der Waals surface area contributed by atoms with E-state index in [1.54, 1.807) is 6.07 Å². The number of hydrogen-bond donors (Lipinski definition) is 2. The zero-order valence-electron chi connectivity index (χ0n) is 11.4. The van der Waals surface area contributed by atoms with Gasteiger partial charge in [-0.15, -0.1) is 0 Å². The first-order chi connectivity index (χ1) is 8.97. The van der Waals surface area contributed by atoms with E-state index in [0.29, 0.717) is 5.75 Å². The highest BCUT2D eigenvalue weighted by Gasteiger charge is 2.04. The molecule has 0 aromatic heterocycles. The number of aryl methyl sites for hydroxylation is 3. The average molecular weight is 320 g/mol. The number of phenolic OH excluding ortho intramolecular Hbond substituents is 1. The molecule has 0 amide bonds. The van der Waals surface area contributed by atoms with Crippen molar-refractivity contribution in [2.24, 2.45) is 0 Å². The van der Waals surface area contributed by atoms with Gasteiger partial charge in [0.2, 0.25) is 0 Å². The monoisotopic (exact) mass is 319 g/mol. The fourth-order valence-electron chi connectivity index (χ4n) is 2.01. The van der Waals surface area contributed by atoms with Crippen molar-refractivity contribution >= 4 is 21.6 Å². The van der Waals surface area contributed by atoms with E-state index < -0.39 is 0 Å². The molecule has 0 atom stereocenters. The largest absolute Gasteiger partial charge is 0.508 e. The second kappa shape index (κ2) is 5.66. The van der Waals surface area contributed by atoms with Crippen molar-refractivity contribution < 1.29 is 5.11 Å². The molecule has 0 unspecified atom stereocenters. The van der Waals surface area contributed by atoms with E-state index in [2.05, 4.69) is 46.4 Å². The van der Waals surface area contributed by atoms with E-state index in [9.17, 15) is 5.11 Å². The lowest BCUT2D eigenvalue weighted by Gasteiger charge is -2.12. The van der Waals surface area contributed by atoms with Crippen LogP contribution < -0.4 is 5.32 Å². The van der Waals surface area contributed by atoms with E-state index in [4.69, 9.17) is 0 Å². The maximum Gasteiger partial charge on any atom is 0.118 e. The third-order valence-electron chi connectivity index (χ3n) is 3.25. The summed E-state index contributed by atoms with van der Waals surface area (Å²) in [6, 6.07) is 10.1. The molecule has 2 aromatic carbocycles. The maximum absolute atomic E-state index is 9.64. The Labute approximate surface area is 122 Å². The second-order valence-corrected chi connectivity index (χ2v) is 5.75. The van der Waals surface area contributed by atoms with Gasteiger partial charge in [0.25, 0.3) is 0 Å². The van der Waals surface area contributed by atoms with E-state index in [1.165, 1.54) is 11.1 Å². The van der Waals surface area contributed by atoms with Crippen LogP contribution in [0.3, 0.4) is 0 Å². The summed E-state index contributed by atoms with van der Waals surface area (Å²) < 4.78 is 1.13. The Balaban J connectivity index is 2.14. The van der Waals surface area contributed by atoms with Crippen molar-refractivity contribution in [2.45, 2.75) is 27.3 Å². The summed E-state index contributed by atoms with van der Waals surface area (Å²) in [4.78, 5) is 0. The molecule has 0 aliphatic carbocycles. The van der Waals surface area contributed by atoms with Gasteiger partial charge in [-0.2, -0.15) is 0 Å². The van der Waals surface area contributed by atoms with E-state index in [-0.39, 0.29) is 0 Å². The number of hydrogen-bond acceptors (Lipinski definition) is 2. The van der Waals surface area contributed by atoms with Crippen LogP contribution in [-0.4, -0.2) is 5.11 Å². The third kappa shape index (κ3) is 3.29. The lowest BCUT2D eigenvalue weighted by Crippen LogP contribution is -2.01. The van der Waals surface area contributed by atoms with Crippen molar-refractivity contribution in [2.75, 3.05) is 5.32 Å². The van der Waals surface area contributed by atoms with Crippen molar-refractivity contribution in [3.8, 4) is 5.75 Å². The summed E-state index contributed by atoms with van der Waals surface area (Å²) in [7, 11) is 0. The Bertz CT molecular complexity index is 608. The molecule has 0 fully saturated rings. The van der Waals surface area contributed by atoms with Crippen LogP contribution in [0.5, 0.6) is 5.75 Å². The number of halogens is 1. The molecule has 2 rings (SSSR count). The van der Waals surface area contributed by atoms with Gasteiger partial charge < -0.3 is 10.4 Å². The summed E-state index contributed by atoms with van der Waals surface area (Å²) in [5.74, 6) is 0.350. The minimum Gasteiger partial charge on any atom is -0.508 e. The smallest absolute Gasteiger partial charge is 0.118 e. The Morgan fingerprint density at radius 3 is 2.42 bits per heavy atom. The predicted octanol–water partition coefficient (Wildman–Crippen LogP) is 4.69. The Morgan fingerprint density at radius 2 is 1.74 bits per heavy atom. The van der Waals surface area contributed by atoms with Gasteiger partial charge in [-0.25, -0.2) is 0 Å². The van der Waals surface area contributed by atoms with Crippen LogP contribution in [-0.2, 0) is 6.54 Å². The molecule has 3 heteroatoms. The number of aromatic hydroxyl groups is 1. The lowest BCUT2D eigenvalue weighted by molar-refractivity contribution is 0.471. The molecule has 19 heavy (non-hydrogen) atoms. The predicted molar refractivity (Wildman–Crippen MR) is 83.8 cm³/mol. The van der Waals surface area contributed by atoms with Gasteiger partial charge in [0.1, 0.15) is 5.75 Å². The highest BCUT2D eigenvalue weighted by Crippen LogP contribution is 2.25. The molecule has 100 valence electrons. The fourth-order valence-corrected chi connectivity index (χ4v) is 2.25. The minimum absolute atomic E-state index is 0.350. The average Bonchev–Trinajstić information content (AvgIpc) is 2.36. The molecule has 2 aromatic rings. The summed E-state index contributed by atoms with van der Waals surface area (Å²) in [6.45, 7) is 6.76. The summed E-state index contributed by atoms with van der Waals surface area (Å²) in [5, 5.41) is 13.1. The van der Waals surface area contributed by atoms with Gasteiger partial charge in [0, 0.05) is 16.7 Å². The molecule has 2 nitrogen and oxygen atoms in total. The molecule has 0 aliphatic heterocycles. The van der Waals surface area contributed by atoms with Gasteiger partial charge in [-0.1, -0.05) is 28.1 Å². The standard InChI is InChI=1S/C16H18BrNO/c1-10-6-13(4-5-14(10)17)9-18-15-7-12(3)16(19)8-11(15)2/h4-8,18-19H,9H2,1-3H3. The van der Waals surface area contributed by atoms with E-state index >= 15 is 0 Å². The van der Waals surface area contributed by atoms with Gasteiger partial charge in [-0.05, 0) is 61.2 Å². The first-order valence-corrected chi connectivity index (χ1v) is 7.06. The molecular formula is C16H18BrNO. The molecule has 0 heterocycles. The highest BCUT2D eigenvalue weighted by molar-refractivity contribution is 9.10. The van der Waals surface area contributed by atoms with E-state index in [1.807, 2.05) is 19.9 Å². The van der Waals surface area contributed by atoms with Gasteiger partial charge in [0.05, 0.1) is 0 Å². The van der Waals surface area contributed by atoms with Crippen LogP contribution in [0.15, 0.2) is 34.8 Å².